The van der Waals surface area contributed by atoms with Gasteiger partial charge in [0.2, 0.25) is 11.8 Å². The predicted octanol–water partition coefficient (Wildman–Crippen LogP) is 2.28. The number of halogens is 1. The molecule has 0 aliphatic heterocycles. The van der Waals surface area contributed by atoms with E-state index in [1.54, 1.807) is 12.1 Å². The molecular weight excluding hydrogens is 290 g/mol. The van der Waals surface area contributed by atoms with Crippen molar-refractivity contribution in [1.82, 2.24) is 4.98 Å². The molecule has 21 heavy (non-hydrogen) atoms. The fourth-order valence-corrected chi connectivity index (χ4v) is 1.77. The Labute approximate surface area is 129 Å². The minimum atomic E-state index is -0.510. The largest absolute Gasteiger partial charge is 0.439 e. The van der Waals surface area contributed by atoms with E-state index in [2.05, 4.69) is 4.98 Å². The van der Waals surface area contributed by atoms with Gasteiger partial charge in [-0.25, -0.2) is 4.98 Å². The molecule has 0 bridgehead atoms. The first kappa shape index (κ1) is 16.9. The fraction of sp³-hybridized carbons (Fsp3) is 0.200. The highest BCUT2D eigenvalue weighted by molar-refractivity contribution is 5.92. The van der Waals surface area contributed by atoms with Crippen molar-refractivity contribution >= 4 is 18.3 Å². The van der Waals surface area contributed by atoms with Crippen LogP contribution in [0.3, 0.4) is 0 Å². The molecule has 1 atom stereocenters. The first-order valence-corrected chi connectivity index (χ1v) is 6.33. The molecule has 5 nitrogen and oxygen atoms in total. The predicted molar refractivity (Wildman–Crippen MR) is 83.9 cm³/mol. The molecule has 1 amide bonds. The van der Waals surface area contributed by atoms with Crippen molar-refractivity contribution < 1.29 is 9.53 Å². The Morgan fingerprint density at radius 3 is 2.38 bits per heavy atom. The summed E-state index contributed by atoms with van der Waals surface area (Å²) in [6.45, 7) is 1.97. The molecule has 112 valence electrons. The first-order valence-electron chi connectivity index (χ1n) is 6.33. The van der Waals surface area contributed by atoms with Gasteiger partial charge in [0.25, 0.3) is 0 Å². The molecule has 1 heterocycles. The molecule has 1 aromatic heterocycles. The number of hydrogen-bond acceptors (Lipinski definition) is 4. The third kappa shape index (κ3) is 5.06. The van der Waals surface area contributed by atoms with Crippen LogP contribution in [0.15, 0.2) is 42.6 Å². The lowest BCUT2D eigenvalue weighted by Gasteiger charge is -2.08. The maximum Gasteiger partial charge on any atom is 0.250 e. The molecule has 0 spiro atoms. The summed E-state index contributed by atoms with van der Waals surface area (Å²) in [5.41, 5.74) is 12.4. The highest BCUT2D eigenvalue weighted by Gasteiger charge is 2.03. The monoisotopic (exact) mass is 307 g/mol. The zero-order chi connectivity index (χ0) is 14.5. The number of benzene rings is 1. The second kappa shape index (κ2) is 7.61. The van der Waals surface area contributed by atoms with Gasteiger partial charge in [0, 0.05) is 18.3 Å². The van der Waals surface area contributed by atoms with Gasteiger partial charge in [-0.05, 0) is 37.1 Å². The average molecular weight is 308 g/mol. The third-order valence-corrected chi connectivity index (χ3v) is 2.72. The number of hydrogen-bond donors (Lipinski definition) is 2. The van der Waals surface area contributed by atoms with E-state index < -0.39 is 5.91 Å². The Morgan fingerprint density at radius 1 is 1.24 bits per heavy atom. The summed E-state index contributed by atoms with van der Waals surface area (Å²) in [4.78, 5) is 15.0. The Hall–Kier alpha value is -2.11. The number of carbonyl (C=O) groups is 1. The van der Waals surface area contributed by atoms with E-state index in [1.807, 2.05) is 31.2 Å². The minimum Gasteiger partial charge on any atom is -0.439 e. The van der Waals surface area contributed by atoms with E-state index in [9.17, 15) is 4.79 Å². The zero-order valence-electron chi connectivity index (χ0n) is 11.7. The second-order valence-corrected chi connectivity index (χ2v) is 4.68. The Balaban J connectivity index is 0.00000220. The van der Waals surface area contributed by atoms with Crippen molar-refractivity contribution in [2.24, 2.45) is 11.5 Å². The van der Waals surface area contributed by atoms with Crippen molar-refractivity contribution in [2.45, 2.75) is 19.4 Å². The summed E-state index contributed by atoms with van der Waals surface area (Å²) in [6.07, 6.45) is 2.22. The van der Waals surface area contributed by atoms with Crippen LogP contribution < -0.4 is 16.2 Å². The maximum absolute atomic E-state index is 10.9. The van der Waals surface area contributed by atoms with Gasteiger partial charge in [-0.3, -0.25) is 4.79 Å². The standard InChI is InChI=1S/C15H17N3O2.ClH/c1-10(16)8-11-2-5-13(6-3-11)20-14-7-4-12(9-18-14)15(17)19;/h2-7,9-10H,8,16H2,1H3,(H2,17,19);1H. The zero-order valence-corrected chi connectivity index (χ0v) is 12.5. The van der Waals surface area contributed by atoms with Crippen LogP contribution in [0.1, 0.15) is 22.8 Å². The quantitative estimate of drug-likeness (QED) is 0.886. The number of carbonyl (C=O) groups excluding carboxylic acids is 1. The van der Waals surface area contributed by atoms with Gasteiger partial charge in [-0.15, -0.1) is 12.4 Å². The van der Waals surface area contributed by atoms with Crippen LogP contribution in [0.25, 0.3) is 0 Å². The minimum absolute atomic E-state index is 0. The van der Waals surface area contributed by atoms with Gasteiger partial charge in [-0.1, -0.05) is 12.1 Å². The first-order chi connectivity index (χ1) is 9.54. The van der Waals surface area contributed by atoms with Crippen LogP contribution in [-0.4, -0.2) is 16.9 Å². The van der Waals surface area contributed by atoms with E-state index in [4.69, 9.17) is 16.2 Å². The molecule has 1 unspecified atom stereocenters. The topological polar surface area (TPSA) is 91.2 Å². The molecule has 0 aliphatic carbocycles. The second-order valence-electron chi connectivity index (χ2n) is 4.68. The highest BCUT2D eigenvalue weighted by atomic mass is 35.5. The molecule has 4 N–H and O–H groups in total. The summed E-state index contributed by atoms with van der Waals surface area (Å²) in [6, 6.07) is 11.0. The number of pyridine rings is 1. The van der Waals surface area contributed by atoms with Gasteiger partial charge in [0.15, 0.2) is 0 Å². The lowest BCUT2D eigenvalue weighted by molar-refractivity contribution is 0.1000. The molecule has 0 aliphatic rings. The molecule has 0 saturated carbocycles. The molecular formula is C15H18ClN3O2. The van der Waals surface area contributed by atoms with Gasteiger partial charge < -0.3 is 16.2 Å². The Kier molecular flexibility index (Phi) is 6.14. The smallest absolute Gasteiger partial charge is 0.250 e. The third-order valence-electron chi connectivity index (χ3n) is 2.72. The maximum atomic E-state index is 10.9. The van der Waals surface area contributed by atoms with E-state index >= 15 is 0 Å². The van der Waals surface area contributed by atoms with Crippen molar-refractivity contribution in [3.8, 4) is 11.6 Å². The number of rotatable bonds is 5. The fourth-order valence-electron chi connectivity index (χ4n) is 1.77. The number of nitrogens with zero attached hydrogens (tertiary/aromatic N) is 1. The SMILES string of the molecule is CC(N)Cc1ccc(Oc2ccc(C(N)=O)cn2)cc1.Cl. The number of amides is 1. The summed E-state index contributed by atoms with van der Waals surface area (Å²) in [5, 5.41) is 0. The van der Waals surface area contributed by atoms with Gasteiger partial charge >= 0.3 is 0 Å². The summed E-state index contributed by atoms with van der Waals surface area (Å²) in [7, 11) is 0. The van der Waals surface area contributed by atoms with Crippen LogP contribution >= 0.6 is 12.4 Å². The van der Waals surface area contributed by atoms with E-state index in [-0.39, 0.29) is 18.4 Å². The molecule has 0 saturated heterocycles. The van der Waals surface area contributed by atoms with Crippen LogP contribution in [0, 0.1) is 0 Å². The molecule has 2 rings (SSSR count). The van der Waals surface area contributed by atoms with Gasteiger partial charge in [0.1, 0.15) is 5.75 Å². The van der Waals surface area contributed by atoms with Gasteiger partial charge in [0.05, 0.1) is 5.56 Å². The molecule has 6 heteroatoms. The normalized spacial score (nSPS) is 11.3. The molecule has 1 aromatic carbocycles. The van der Waals surface area contributed by atoms with Crippen molar-refractivity contribution in [1.29, 1.82) is 0 Å². The molecule has 0 fully saturated rings. The number of primary amides is 1. The Bertz CT molecular complexity index is 583. The summed E-state index contributed by atoms with van der Waals surface area (Å²) < 4.78 is 5.58. The summed E-state index contributed by atoms with van der Waals surface area (Å²) in [5.74, 6) is 0.581. The van der Waals surface area contributed by atoms with Crippen molar-refractivity contribution in [3.63, 3.8) is 0 Å². The van der Waals surface area contributed by atoms with E-state index in [1.165, 1.54) is 6.20 Å². The van der Waals surface area contributed by atoms with Crippen molar-refractivity contribution in [2.75, 3.05) is 0 Å². The molecule has 0 radical (unpaired) electrons. The van der Waals surface area contributed by atoms with Crippen LogP contribution in [-0.2, 0) is 6.42 Å². The van der Waals surface area contributed by atoms with Crippen LogP contribution in [0.5, 0.6) is 11.6 Å². The number of ether oxygens (including phenoxy) is 1. The Morgan fingerprint density at radius 2 is 1.90 bits per heavy atom. The van der Waals surface area contributed by atoms with Gasteiger partial charge in [-0.2, -0.15) is 0 Å². The van der Waals surface area contributed by atoms with Crippen LogP contribution in [0.4, 0.5) is 0 Å². The van der Waals surface area contributed by atoms with E-state index in [0.717, 1.165) is 12.0 Å². The van der Waals surface area contributed by atoms with Crippen LogP contribution in [0.2, 0.25) is 0 Å². The molecule has 2 aromatic rings. The number of nitrogens with two attached hydrogens (primary N) is 2. The lowest BCUT2D eigenvalue weighted by atomic mass is 10.1. The van der Waals surface area contributed by atoms with Crippen molar-refractivity contribution in [3.05, 3.63) is 53.7 Å². The highest BCUT2D eigenvalue weighted by Crippen LogP contribution is 2.20. The average Bonchev–Trinajstić information content (AvgIpc) is 2.41. The lowest BCUT2D eigenvalue weighted by Crippen LogP contribution is -2.17. The summed E-state index contributed by atoms with van der Waals surface area (Å²) >= 11 is 0. The van der Waals surface area contributed by atoms with E-state index in [0.29, 0.717) is 17.2 Å². The number of aromatic nitrogens is 1.